The predicted molar refractivity (Wildman–Crippen MR) is 64.1 cm³/mol. The van der Waals surface area contributed by atoms with Gasteiger partial charge in [-0.15, -0.1) is 0 Å². The summed E-state index contributed by atoms with van der Waals surface area (Å²) >= 11 is 0. The van der Waals surface area contributed by atoms with Crippen molar-refractivity contribution in [3.8, 4) is 0 Å². The Kier molecular flexibility index (Phi) is 6.46. The summed E-state index contributed by atoms with van der Waals surface area (Å²) in [6.45, 7) is 2.82. The van der Waals surface area contributed by atoms with Gasteiger partial charge >= 0.3 is 5.97 Å². The van der Waals surface area contributed by atoms with Gasteiger partial charge in [0.15, 0.2) is 0 Å². The molecule has 0 saturated heterocycles. The Morgan fingerprint density at radius 1 is 1.25 bits per heavy atom. The highest BCUT2D eigenvalue weighted by Crippen LogP contribution is 2.15. The minimum absolute atomic E-state index is 0.0236. The normalized spacial score (nSPS) is 20.9. The molecule has 1 rings (SSSR count). The van der Waals surface area contributed by atoms with Crippen LogP contribution in [0.25, 0.3) is 0 Å². The summed E-state index contributed by atoms with van der Waals surface area (Å²) in [5.74, 6) is -0.0578. The Morgan fingerprint density at radius 3 is 2.38 bits per heavy atom. The maximum atomic E-state index is 11.3. The van der Waals surface area contributed by atoms with Crippen molar-refractivity contribution in [2.75, 3.05) is 13.7 Å². The third kappa shape index (κ3) is 4.97. The number of hydrogen-bond acceptors (Lipinski definition) is 2. The van der Waals surface area contributed by atoms with Crippen molar-refractivity contribution in [2.24, 2.45) is 5.92 Å². The molecule has 0 unspecified atom stereocenters. The third-order valence-electron chi connectivity index (χ3n) is 3.58. The van der Waals surface area contributed by atoms with Gasteiger partial charge in [0, 0.05) is 0 Å². The van der Waals surface area contributed by atoms with E-state index in [0.29, 0.717) is 0 Å². The Labute approximate surface area is 98.9 Å². The zero-order valence-corrected chi connectivity index (χ0v) is 10.7. The quantitative estimate of drug-likeness (QED) is 0.741. The standard InChI is InChI=1S/C13H25NO2/c1-11(13(15)16-2)10-14-12-8-6-4-3-5-7-9-12/h11-12,14H,3-10H2,1-2H3/p+1/t11-/m1/s1. The maximum absolute atomic E-state index is 11.3. The molecular weight excluding hydrogens is 202 g/mol. The van der Waals surface area contributed by atoms with Gasteiger partial charge in [0.25, 0.3) is 0 Å². The van der Waals surface area contributed by atoms with Gasteiger partial charge in [0.1, 0.15) is 5.92 Å². The Bertz CT molecular complexity index is 198. The van der Waals surface area contributed by atoms with Gasteiger partial charge in [-0.05, 0) is 32.6 Å². The summed E-state index contributed by atoms with van der Waals surface area (Å²) in [7, 11) is 1.47. The molecule has 1 fully saturated rings. The van der Waals surface area contributed by atoms with Gasteiger partial charge in [-0.25, -0.2) is 0 Å². The lowest BCUT2D eigenvalue weighted by Crippen LogP contribution is -2.91. The Hall–Kier alpha value is -0.570. The van der Waals surface area contributed by atoms with Crippen LogP contribution in [-0.2, 0) is 9.53 Å². The van der Waals surface area contributed by atoms with Crippen LogP contribution in [0.1, 0.15) is 51.9 Å². The fourth-order valence-corrected chi connectivity index (χ4v) is 2.42. The van der Waals surface area contributed by atoms with Crippen LogP contribution in [0.2, 0.25) is 0 Å². The van der Waals surface area contributed by atoms with E-state index >= 15 is 0 Å². The molecule has 1 atom stereocenters. The first-order valence-electron chi connectivity index (χ1n) is 6.65. The van der Waals surface area contributed by atoms with E-state index in [1.54, 1.807) is 0 Å². The molecule has 16 heavy (non-hydrogen) atoms. The van der Waals surface area contributed by atoms with Gasteiger partial charge in [0.2, 0.25) is 0 Å². The molecule has 1 aliphatic carbocycles. The van der Waals surface area contributed by atoms with E-state index in [1.165, 1.54) is 52.1 Å². The Balaban J connectivity index is 2.21. The summed E-state index contributed by atoms with van der Waals surface area (Å²) in [5.41, 5.74) is 0. The molecule has 0 spiro atoms. The fourth-order valence-electron chi connectivity index (χ4n) is 2.42. The second kappa shape index (κ2) is 7.66. The van der Waals surface area contributed by atoms with Crippen LogP contribution < -0.4 is 5.32 Å². The number of carbonyl (C=O) groups is 1. The molecule has 0 aliphatic heterocycles. The topological polar surface area (TPSA) is 42.9 Å². The molecule has 1 aliphatic rings. The zero-order valence-electron chi connectivity index (χ0n) is 10.7. The van der Waals surface area contributed by atoms with E-state index in [9.17, 15) is 4.79 Å². The molecule has 0 aromatic rings. The number of rotatable bonds is 4. The van der Waals surface area contributed by atoms with Crippen LogP contribution in [0.4, 0.5) is 0 Å². The van der Waals surface area contributed by atoms with Crippen molar-refractivity contribution in [1.82, 2.24) is 0 Å². The van der Waals surface area contributed by atoms with Crippen LogP contribution in [0.3, 0.4) is 0 Å². The van der Waals surface area contributed by atoms with E-state index in [0.717, 1.165) is 12.6 Å². The van der Waals surface area contributed by atoms with Crippen LogP contribution >= 0.6 is 0 Å². The SMILES string of the molecule is COC(=O)[C@H](C)C[NH2+]C1CCCCCCC1. The van der Waals surface area contributed by atoms with Gasteiger partial charge < -0.3 is 10.1 Å². The summed E-state index contributed by atoms with van der Waals surface area (Å²) in [6, 6.07) is 0.729. The van der Waals surface area contributed by atoms with Gasteiger partial charge in [-0.1, -0.05) is 19.3 Å². The molecule has 0 aromatic carbocycles. The number of methoxy groups -OCH3 is 1. The third-order valence-corrected chi connectivity index (χ3v) is 3.58. The maximum Gasteiger partial charge on any atom is 0.314 e. The van der Waals surface area contributed by atoms with Crippen molar-refractivity contribution >= 4 is 5.97 Å². The van der Waals surface area contributed by atoms with Crippen LogP contribution in [0.5, 0.6) is 0 Å². The highest BCUT2D eigenvalue weighted by atomic mass is 16.5. The highest BCUT2D eigenvalue weighted by Gasteiger charge is 2.19. The fraction of sp³-hybridized carbons (Fsp3) is 0.923. The second-order valence-electron chi connectivity index (χ2n) is 5.00. The molecular formula is C13H26NO2+. The van der Waals surface area contributed by atoms with E-state index in [4.69, 9.17) is 4.74 Å². The zero-order chi connectivity index (χ0) is 11.8. The molecule has 3 heteroatoms. The summed E-state index contributed by atoms with van der Waals surface area (Å²) < 4.78 is 4.74. The first-order valence-corrected chi connectivity index (χ1v) is 6.65. The first-order chi connectivity index (χ1) is 7.74. The van der Waals surface area contributed by atoms with Crippen molar-refractivity contribution < 1.29 is 14.8 Å². The van der Waals surface area contributed by atoms with Crippen molar-refractivity contribution in [3.63, 3.8) is 0 Å². The van der Waals surface area contributed by atoms with E-state index in [-0.39, 0.29) is 11.9 Å². The lowest BCUT2D eigenvalue weighted by Gasteiger charge is -2.19. The molecule has 2 N–H and O–H groups in total. The minimum Gasteiger partial charge on any atom is -0.469 e. The number of ether oxygens (including phenoxy) is 1. The minimum atomic E-state index is -0.0814. The summed E-state index contributed by atoms with van der Waals surface area (Å²) in [6.07, 6.45) is 9.52. The van der Waals surface area contributed by atoms with Gasteiger partial charge in [-0.2, -0.15) is 0 Å². The monoisotopic (exact) mass is 228 g/mol. The smallest absolute Gasteiger partial charge is 0.314 e. The van der Waals surface area contributed by atoms with Gasteiger partial charge in [-0.3, -0.25) is 4.79 Å². The first kappa shape index (κ1) is 13.5. The summed E-state index contributed by atoms with van der Waals surface area (Å²) in [5, 5.41) is 2.35. The predicted octanol–water partition coefficient (Wildman–Crippen LogP) is 1.47. The van der Waals surface area contributed by atoms with E-state index < -0.39 is 0 Å². The Morgan fingerprint density at radius 2 is 1.81 bits per heavy atom. The molecule has 3 nitrogen and oxygen atoms in total. The number of nitrogens with two attached hydrogens (primary N) is 1. The highest BCUT2D eigenvalue weighted by molar-refractivity contribution is 5.71. The van der Waals surface area contributed by atoms with Crippen molar-refractivity contribution in [3.05, 3.63) is 0 Å². The van der Waals surface area contributed by atoms with Crippen molar-refractivity contribution in [1.29, 1.82) is 0 Å². The van der Waals surface area contributed by atoms with E-state index in [2.05, 4.69) is 5.32 Å². The largest absolute Gasteiger partial charge is 0.469 e. The van der Waals surface area contributed by atoms with Crippen molar-refractivity contribution in [2.45, 2.75) is 57.9 Å². The lowest BCUT2D eigenvalue weighted by atomic mass is 9.96. The average Bonchev–Trinajstić information content (AvgIpc) is 2.26. The molecule has 0 heterocycles. The molecule has 1 saturated carbocycles. The summed E-state index contributed by atoms with van der Waals surface area (Å²) in [4.78, 5) is 11.3. The van der Waals surface area contributed by atoms with Gasteiger partial charge in [0.05, 0.1) is 19.7 Å². The number of quaternary nitrogens is 1. The molecule has 0 amide bonds. The number of esters is 1. The molecule has 0 aromatic heterocycles. The van der Waals surface area contributed by atoms with Crippen LogP contribution in [-0.4, -0.2) is 25.7 Å². The lowest BCUT2D eigenvalue weighted by molar-refractivity contribution is -0.694. The number of hydrogen-bond donors (Lipinski definition) is 1. The average molecular weight is 228 g/mol. The van der Waals surface area contributed by atoms with Crippen LogP contribution in [0.15, 0.2) is 0 Å². The van der Waals surface area contributed by atoms with E-state index in [1.807, 2.05) is 6.92 Å². The van der Waals surface area contributed by atoms with Crippen LogP contribution in [0, 0.1) is 5.92 Å². The second-order valence-corrected chi connectivity index (χ2v) is 5.00. The molecule has 94 valence electrons. The molecule has 0 radical (unpaired) electrons. The molecule has 0 bridgehead atoms. The number of carbonyl (C=O) groups excluding carboxylic acids is 1.